The molecule has 5 nitrogen and oxygen atoms in total. The van der Waals surface area contributed by atoms with Gasteiger partial charge in [-0.05, 0) is 42.2 Å². The van der Waals surface area contributed by atoms with E-state index < -0.39 is 40.0 Å². The molecule has 0 aliphatic rings. The van der Waals surface area contributed by atoms with Crippen LogP contribution in [-0.4, -0.2) is 45.7 Å². The maximum Gasteiger partial charge on any atom is 0.305 e. The van der Waals surface area contributed by atoms with Gasteiger partial charge in [-0.2, -0.15) is 0 Å². The number of aliphatic carboxylic acids is 1. The summed E-state index contributed by atoms with van der Waals surface area (Å²) in [7, 11) is -4.45. The van der Waals surface area contributed by atoms with Gasteiger partial charge in [0, 0.05) is 11.3 Å². The smallest absolute Gasteiger partial charge is 0.305 e. The minimum atomic E-state index is -2.30. The highest BCUT2D eigenvalue weighted by Crippen LogP contribution is 2.43. The van der Waals surface area contributed by atoms with E-state index in [4.69, 9.17) is 8.85 Å². The molecular formula is C26H52O5Si2. The van der Waals surface area contributed by atoms with Gasteiger partial charge in [0.05, 0.1) is 18.6 Å². The van der Waals surface area contributed by atoms with Crippen molar-refractivity contribution in [2.24, 2.45) is 17.3 Å². The number of carboxylic acid groups (broad SMARTS) is 1. The van der Waals surface area contributed by atoms with Crippen molar-refractivity contribution in [2.75, 3.05) is 0 Å². The molecule has 0 radical (unpaired) electrons. The summed E-state index contributed by atoms with van der Waals surface area (Å²) in [6.07, 6.45) is 0.602. The number of carbonyl (C=O) groups excluding carboxylic acids is 1. The van der Waals surface area contributed by atoms with Crippen LogP contribution in [0.5, 0.6) is 0 Å². The number of rotatable bonds is 12. The number of Topliss-reactive ketones (excluding diaryl/α,β-unsaturated/α-hetero) is 1. The van der Waals surface area contributed by atoms with Gasteiger partial charge >= 0.3 is 5.97 Å². The summed E-state index contributed by atoms with van der Waals surface area (Å²) in [6.45, 7) is 33.0. The molecule has 0 fully saturated rings. The van der Waals surface area contributed by atoms with E-state index in [0.717, 1.165) is 0 Å². The van der Waals surface area contributed by atoms with Crippen molar-refractivity contribution in [3.05, 3.63) is 12.7 Å². The predicted octanol–water partition coefficient (Wildman–Crippen LogP) is 7.30. The van der Waals surface area contributed by atoms with E-state index in [1.54, 1.807) is 0 Å². The number of ketones is 1. The number of carbonyl (C=O) groups is 2. The molecule has 0 heterocycles. The molecule has 0 spiro atoms. The maximum atomic E-state index is 14.0. The summed E-state index contributed by atoms with van der Waals surface area (Å²) in [4.78, 5) is 25.7. The lowest BCUT2D eigenvalue weighted by molar-refractivity contribution is -0.146. The Balaban J connectivity index is 6.23. The fraction of sp³-hybridized carbons (Fsp3) is 0.846. The zero-order chi connectivity index (χ0) is 26.8. The summed E-state index contributed by atoms with van der Waals surface area (Å²) in [5, 5.41) is 9.54. The Labute approximate surface area is 206 Å². The molecular weight excluding hydrogens is 448 g/mol. The van der Waals surface area contributed by atoms with Crippen molar-refractivity contribution < 1.29 is 23.5 Å². The van der Waals surface area contributed by atoms with Gasteiger partial charge in [0.1, 0.15) is 5.78 Å². The molecule has 0 bridgehead atoms. The van der Waals surface area contributed by atoms with Gasteiger partial charge < -0.3 is 14.0 Å². The van der Waals surface area contributed by atoms with E-state index in [9.17, 15) is 14.7 Å². The molecule has 194 valence electrons. The van der Waals surface area contributed by atoms with E-state index in [0.29, 0.717) is 0 Å². The molecule has 0 saturated carbocycles. The number of carboxylic acids is 1. The zero-order valence-corrected chi connectivity index (χ0v) is 25.9. The monoisotopic (exact) mass is 500 g/mol. The summed E-state index contributed by atoms with van der Waals surface area (Å²) >= 11 is 0. The van der Waals surface area contributed by atoms with Crippen LogP contribution in [0.25, 0.3) is 0 Å². The van der Waals surface area contributed by atoms with Crippen molar-refractivity contribution in [1.29, 1.82) is 0 Å². The molecule has 4 atom stereocenters. The third-order valence-electron chi connectivity index (χ3n) is 8.08. The standard InChI is InChI=1S/C26H52O5Si2/c1-16-18(2)22(31-33(14,15)25(7,8)9)19(3)23(29)26(10,11)20(17-21(27)28)30-32(12,13)24(4,5)6/h16,18-20,22H,1,17H2,2-15H3,(H,27,28)/t18-,19?,20-,22-/m0/s1. The first-order valence-corrected chi connectivity index (χ1v) is 18.0. The highest BCUT2D eigenvalue weighted by Gasteiger charge is 2.49. The average Bonchev–Trinajstić information content (AvgIpc) is 2.61. The number of hydrogen-bond donors (Lipinski definition) is 1. The Morgan fingerprint density at radius 3 is 1.61 bits per heavy atom. The van der Waals surface area contributed by atoms with Gasteiger partial charge in [-0.3, -0.25) is 9.59 Å². The molecule has 0 saturated heterocycles. The molecule has 0 aliphatic heterocycles. The Hall–Kier alpha value is -0.766. The van der Waals surface area contributed by atoms with Crippen LogP contribution in [0.15, 0.2) is 12.7 Å². The van der Waals surface area contributed by atoms with E-state index in [2.05, 4.69) is 74.3 Å². The van der Waals surface area contributed by atoms with Crippen molar-refractivity contribution in [3.63, 3.8) is 0 Å². The van der Waals surface area contributed by atoms with Gasteiger partial charge in [-0.1, -0.05) is 75.3 Å². The van der Waals surface area contributed by atoms with Crippen LogP contribution in [0.2, 0.25) is 36.3 Å². The molecule has 33 heavy (non-hydrogen) atoms. The average molecular weight is 501 g/mol. The lowest BCUT2D eigenvalue weighted by Gasteiger charge is -2.46. The van der Waals surface area contributed by atoms with E-state index in [1.165, 1.54) is 0 Å². The van der Waals surface area contributed by atoms with E-state index in [1.807, 2.05) is 33.8 Å². The SMILES string of the molecule is C=C[C@H](C)[C@H](O[Si](C)(C)C(C)(C)C)C(C)C(=O)C(C)(C)[C@H](CC(=O)O)O[Si](C)(C)C(C)(C)C. The van der Waals surface area contributed by atoms with Crippen LogP contribution in [0, 0.1) is 17.3 Å². The quantitative estimate of drug-likeness (QED) is 0.225. The van der Waals surface area contributed by atoms with Gasteiger partial charge in [-0.15, -0.1) is 6.58 Å². The summed E-state index contributed by atoms with van der Waals surface area (Å²) < 4.78 is 13.3. The number of hydrogen-bond acceptors (Lipinski definition) is 4. The Kier molecular flexibility index (Phi) is 10.6. The molecule has 7 heteroatoms. The molecule has 0 aromatic rings. The summed E-state index contributed by atoms with van der Waals surface area (Å²) in [5.74, 6) is -1.43. The second-order valence-corrected chi connectivity index (χ2v) is 22.8. The summed E-state index contributed by atoms with van der Waals surface area (Å²) in [6, 6.07) is 0. The van der Waals surface area contributed by atoms with Crippen LogP contribution in [0.3, 0.4) is 0 Å². The normalized spacial score (nSPS) is 17.8. The molecule has 0 aliphatic carbocycles. The second kappa shape index (κ2) is 10.9. The van der Waals surface area contributed by atoms with Crippen LogP contribution < -0.4 is 0 Å². The Morgan fingerprint density at radius 1 is 0.879 bits per heavy atom. The lowest BCUT2D eigenvalue weighted by atomic mass is 9.73. The van der Waals surface area contributed by atoms with Crippen molar-refractivity contribution in [1.82, 2.24) is 0 Å². The van der Waals surface area contributed by atoms with Crippen molar-refractivity contribution in [2.45, 2.75) is 124 Å². The minimum Gasteiger partial charge on any atom is -0.481 e. The van der Waals surface area contributed by atoms with E-state index >= 15 is 0 Å². The minimum absolute atomic E-state index is 0.00170. The van der Waals surface area contributed by atoms with Crippen LogP contribution in [0.4, 0.5) is 0 Å². The first kappa shape index (κ1) is 32.2. The van der Waals surface area contributed by atoms with E-state index in [-0.39, 0.29) is 34.3 Å². The third kappa shape index (κ3) is 8.15. The molecule has 0 amide bonds. The summed E-state index contributed by atoms with van der Waals surface area (Å²) in [5.41, 5.74) is -0.983. The van der Waals surface area contributed by atoms with Crippen LogP contribution in [0.1, 0.15) is 75.7 Å². The Morgan fingerprint density at radius 2 is 1.27 bits per heavy atom. The highest BCUT2D eigenvalue weighted by atomic mass is 28.4. The highest BCUT2D eigenvalue weighted by molar-refractivity contribution is 6.74. The van der Waals surface area contributed by atoms with Gasteiger partial charge in [0.15, 0.2) is 16.6 Å². The first-order chi connectivity index (χ1) is 14.4. The largest absolute Gasteiger partial charge is 0.481 e. The topological polar surface area (TPSA) is 72.8 Å². The molecule has 1 unspecified atom stereocenters. The third-order valence-corrected chi connectivity index (χ3v) is 17.0. The maximum absolute atomic E-state index is 14.0. The fourth-order valence-corrected chi connectivity index (χ4v) is 6.24. The van der Waals surface area contributed by atoms with Gasteiger partial charge in [0.2, 0.25) is 0 Å². The predicted molar refractivity (Wildman–Crippen MR) is 144 cm³/mol. The van der Waals surface area contributed by atoms with Gasteiger partial charge in [0.25, 0.3) is 0 Å². The second-order valence-electron chi connectivity index (χ2n) is 13.3. The van der Waals surface area contributed by atoms with Crippen LogP contribution >= 0.6 is 0 Å². The van der Waals surface area contributed by atoms with Crippen molar-refractivity contribution >= 4 is 28.4 Å². The molecule has 0 aromatic carbocycles. The van der Waals surface area contributed by atoms with Gasteiger partial charge in [-0.25, -0.2) is 0 Å². The van der Waals surface area contributed by atoms with Crippen LogP contribution in [-0.2, 0) is 18.4 Å². The zero-order valence-electron chi connectivity index (χ0n) is 23.9. The fourth-order valence-electron chi connectivity index (χ4n) is 3.35. The van der Waals surface area contributed by atoms with Crippen molar-refractivity contribution in [3.8, 4) is 0 Å². The first-order valence-electron chi connectivity index (χ1n) is 12.2. The molecule has 0 rings (SSSR count). The lowest BCUT2D eigenvalue weighted by Crippen LogP contribution is -2.54. The molecule has 1 N–H and O–H groups in total. The Bertz CT molecular complexity index is 698. The molecule has 0 aromatic heterocycles.